The van der Waals surface area contributed by atoms with E-state index in [1.807, 2.05) is 0 Å². The van der Waals surface area contributed by atoms with Crippen LogP contribution in [-0.2, 0) is 0 Å². The summed E-state index contributed by atoms with van der Waals surface area (Å²) in [6.07, 6.45) is 5.48. The number of hydrogen-bond acceptors (Lipinski definition) is 0. The second kappa shape index (κ2) is 2.08. The Hall–Kier alpha value is -0.330. The Kier molecular flexibility index (Phi) is 1.33. The van der Waals surface area contributed by atoms with Gasteiger partial charge in [0.15, 0.2) is 5.71 Å². The molecule has 0 heterocycles. The summed E-state index contributed by atoms with van der Waals surface area (Å²) in [6.45, 7) is 2.30. The highest BCUT2D eigenvalue weighted by atomic mass is 14.5. The quantitative estimate of drug-likeness (QED) is 0.508. The van der Waals surface area contributed by atoms with Gasteiger partial charge in [0, 0.05) is 12.3 Å². The van der Waals surface area contributed by atoms with Crippen molar-refractivity contribution in [2.75, 3.05) is 0 Å². The van der Waals surface area contributed by atoms with Crippen molar-refractivity contribution in [3.63, 3.8) is 0 Å². The van der Waals surface area contributed by atoms with Crippen LogP contribution in [0, 0.1) is 17.8 Å². The minimum Gasteiger partial charge on any atom is -0.261 e. The standard InChI is InChI=1S/C9H15N/c1-6-8-4-2-7(8)3-5-9(6)10/h6-8,10H,2-5H2,1H3/p+1. The summed E-state index contributed by atoms with van der Waals surface area (Å²) in [5.41, 5.74) is 1.26. The summed E-state index contributed by atoms with van der Waals surface area (Å²) in [5.74, 6) is 2.74. The molecule has 10 heavy (non-hydrogen) atoms. The van der Waals surface area contributed by atoms with Gasteiger partial charge in [0.1, 0.15) is 0 Å². The van der Waals surface area contributed by atoms with Gasteiger partial charge in [0.25, 0.3) is 0 Å². The summed E-state index contributed by atoms with van der Waals surface area (Å²) in [4.78, 5) is 0. The predicted octanol–water partition coefficient (Wildman–Crippen LogP) is 0.643. The van der Waals surface area contributed by atoms with Crippen LogP contribution in [0.15, 0.2) is 0 Å². The third-order valence-electron chi connectivity index (χ3n) is 3.51. The van der Waals surface area contributed by atoms with E-state index in [0.717, 1.165) is 17.8 Å². The predicted molar refractivity (Wildman–Crippen MR) is 41.5 cm³/mol. The number of hydrogen-bond donors (Lipinski definition) is 1. The van der Waals surface area contributed by atoms with Crippen LogP contribution in [0.5, 0.6) is 0 Å². The van der Waals surface area contributed by atoms with Crippen LogP contribution in [0.3, 0.4) is 0 Å². The fraction of sp³-hybridized carbons (Fsp3) is 0.889. The average molecular weight is 138 g/mol. The van der Waals surface area contributed by atoms with E-state index < -0.39 is 0 Å². The van der Waals surface area contributed by atoms with E-state index >= 15 is 0 Å². The average Bonchev–Trinajstić information content (AvgIpc) is 1.82. The van der Waals surface area contributed by atoms with Gasteiger partial charge in [-0.3, -0.25) is 5.41 Å². The first-order valence-corrected chi connectivity index (χ1v) is 4.40. The summed E-state index contributed by atoms with van der Waals surface area (Å²) in [5, 5.41) is 5.88. The fourth-order valence-corrected chi connectivity index (χ4v) is 2.47. The molecule has 0 amide bonds. The molecule has 2 aliphatic carbocycles. The zero-order chi connectivity index (χ0) is 7.14. The van der Waals surface area contributed by atoms with Crippen molar-refractivity contribution >= 4 is 5.71 Å². The van der Waals surface area contributed by atoms with Crippen LogP contribution in [0.25, 0.3) is 0 Å². The van der Waals surface area contributed by atoms with Crippen LogP contribution in [0.2, 0.25) is 0 Å². The van der Waals surface area contributed by atoms with Gasteiger partial charge in [-0.2, -0.15) is 0 Å². The third-order valence-corrected chi connectivity index (χ3v) is 3.51. The molecule has 0 spiro atoms. The van der Waals surface area contributed by atoms with Gasteiger partial charge in [-0.05, 0) is 31.1 Å². The van der Waals surface area contributed by atoms with Crippen LogP contribution in [0.4, 0.5) is 0 Å². The smallest absolute Gasteiger partial charge is 0.152 e. The van der Waals surface area contributed by atoms with Crippen LogP contribution in [0.1, 0.15) is 32.6 Å². The van der Waals surface area contributed by atoms with Gasteiger partial charge in [-0.25, -0.2) is 0 Å². The van der Waals surface area contributed by atoms with Gasteiger partial charge < -0.3 is 0 Å². The van der Waals surface area contributed by atoms with Crippen LogP contribution in [-0.4, -0.2) is 5.71 Å². The van der Waals surface area contributed by atoms with Gasteiger partial charge in [-0.15, -0.1) is 0 Å². The van der Waals surface area contributed by atoms with Gasteiger partial charge in [0.2, 0.25) is 0 Å². The molecule has 2 saturated carbocycles. The number of rotatable bonds is 0. The van der Waals surface area contributed by atoms with Crippen molar-refractivity contribution < 1.29 is 5.41 Å². The highest BCUT2D eigenvalue weighted by Gasteiger charge is 2.41. The molecule has 3 atom stereocenters. The van der Waals surface area contributed by atoms with Crippen molar-refractivity contribution in [1.29, 1.82) is 0 Å². The van der Waals surface area contributed by atoms with Gasteiger partial charge >= 0.3 is 0 Å². The van der Waals surface area contributed by atoms with E-state index in [1.165, 1.54) is 31.4 Å². The molecular formula is C9H16N+. The maximum atomic E-state index is 5.88. The molecule has 0 aromatic carbocycles. The molecule has 2 aliphatic rings. The summed E-state index contributed by atoms with van der Waals surface area (Å²) in [7, 11) is 0. The second-order valence-corrected chi connectivity index (χ2v) is 3.90. The first-order valence-electron chi connectivity index (χ1n) is 4.40. The van der Waals surface area contributed by atoms with E-state index in [1.54, 1.807) is 0 Å². The Labute approximate surface area is 62.3 Å². The Morgan fingerprint density at radius 2 is 2.10 bits per heavy atom. The second-order valence-electron chi connectivity index (χ2n) is 3.90. The topological polar surface area (TPSA) is 25.6 Å². The Balaban J connectivity index is 2.08. The van der Waals surface area contributed by atoms with E-state index in [9.17, 15) is 0 Å². The molecule has 0 aliphatic heterocycles. The lowest BCUT2D eigenvalue weighted by atomic mass is 9.60. The SMILES string of the molecule is CC1C(=[NH2+])CCC2CCC21. The largest absolute Gasteiger partial charge is 0.261 e. The summed E-state index contributed by atoms with van der Waals surface area (Å²) < 4.78 is 0. The lowest BCUT2D eigenvalue weighted by Gasteiger charge is -2.43. The minimum atomic E-state index is 0.729. The van der Waals surface area contributed by atoms with E-state index in [2.05, 4.69) is 6.92 Å². The molecule has 56 valence electrons. The van der Waals surface area contributed by atoms with Crippen LogP contribution >= 0.6 is 0 Å². The first-order chi connectivity index (χ1) is 4.79. The summed E-state index contributed by atoms with van der Waals surface area (Å²) >= 11 is 0. The maximum Gasteiger partial charge on any atom is 0.152 e. The Bertz CT molecular complexity index is 162. The zero-order valence-corrected chi connectivity index (χ0v) is 6.64. The molecule has 0 bridgehead atoms. The normalized spacial score (nSPS) is 46.1. The van der Waals surface area contributed by atoms with Crippen molar-refractivity contribution in [1.82, 2.24) is 0 Å². The maximum absolute atomic E-state index is 5.88. The molecule has 2 fully saturated rings. The molecule has 2 N–H and O–H groups in total. The zero-order valence-electron chi connectivity index (χ0n) is 6.64. The molecule has 0 aromatic rings. The van der Waals surface area contributed by atoms with E-state index in [-0.39, 0.29) is 0 Å². The first kappa shape index (κ1) is 6.38. The molecule has 2 rings (SSSR count). The van der Waals surface area contributed by atoms with Crippen LogP contribution < -0.4 is 5.41 Å². The third kappa shape index (κ3) is 0.727. The Morgan fingerprint density at radius 3 is 2.60 bits per heavy atom. The molecule has 0 saturated heterocycles. The molecule has 1 heteroatoms. The van der Waals surface area contributed by atoms with Gasteiger partial charge in [0.05, 0.1) is 0 Å². The number of fused-ring (bicyclic) bond motifs is 1. The van der Waals surface area contributed by atoms with E-state index in [0.29, 0.717) is 0 Å². The highest BCUT2D eigenvalue weighted by Crippen LogP contribution is 2.45. The molecule has 0 radical (unpaired) electrons. The van der Waals surface area contributed by atoms with Crippen molar-refractivity contribution in [2.24, 2.45) is 17.8 Å². The molecule has 0 aromatic heterocycles. The molecular weight excluding hydrogens is 122 g/mol. The number of nitrogens with two attached hydrogens (primary N) is 1. The van der Waals surface area contributed by atoms with Gasteiger partial charge in [-0.1, -0.05) is 6.92 Å². The van der Waals surface area contributed by atoms with Crippen molar-refractivity contribution in [2.45, 2.75) is 32.6 Å². The summed E-state index contributed by atoms with van der Waals surface area (Å²) in [6, 6.07) is 0. The lowest BCUT2D eigenvalue weighted by Crippen LogP contribution is -2.52. The van der Waals surface area contributed by atoms with Crippen molar-refractivity contribution in [3.05, 3.63) is 0 Å². The fourth-order valence-electron chi connectivity index (χ4n) is 2.47. The molecule has 3 unspecified atom stereocenters. The Morgan fingerprint density at radius 1 is 1.30 bits per heavy atom. The monoisotopic (exact) mass is 138 g/mol. The van der Waals surface area contributed by atoms with Crippen molar-refractivity contribution in [3.8, 4) is 0 Å². The van der Waals surface area contributed by atoms with E-state index in [4.69, 9.17) is 5.41 Å². The highest BCUT2D eigenvalue weighted by molar-refractivity contribution is 5.81. The minimum absolute atomic E-state index is 0.729. The molecule has 1 nitrogen and oxygen atoms in total. The lowest BCUT2D eigenvalue weighted by molar-refractivity contribution is -0.130.